The standard InChI is InChI=1S/C9H12O2/c1-9(2)4-3-8(11)5-7(9)6-10/h5-6H,3-4H2,1-2H3. The van der Waals surface area contributed by atoms with Crippen molar-refractivity contribution in [2.24, 2.45) is 5.41 Å². The summed E-state index contributed by atoms with van der Waals surface area (Å²) in [5, 5.41) is 0. The molecular formula is C9H12O2. The predicted molar refractivity (Wildman–Crippen MR) is 42.2 cm³/mol. The average Bonchev–Trinajstić information content (AvgIpc) is 1.94. The first-order valence-electron chi connectivity index (χ1n) is 3.76. The molecule has 1 aliphatic carbocycles. The second-order valence-electron chi connectivity index (χ2n) is 3.57. The summed E-state index contributed by atoms with van der Waals surface area (Å²) in [6.45, 7) is 3.97. The van der Waals surface area contributed by atoms with Crippen LogP contribution in [0.1, 0.15) is 26.7 Å². The number of allylic oxidation sites excluding steroid dienone is 2. The van der Waals surface area contributed by atoms with Gasteiger partial charge in [-0.2, -0.15) is 0 Å². The van der Waals surface area contributed by atoms with Crippen molar-refractivity contribution in [2.75, 3.05) is 0 Å². The summed E-state index contributed by atoms with van der Waals surface area (Å²) in [7, 11) is 0. The van der Waals surface area contributed by atoms with E-state index in [9.17, 15) is 9.59 Å². The molecule has 0 bridgehead atoms. The highest BCUT2D eigenvalue weighted by atomic mass is 16.1. The Hall–Kier alpha value is -0.920. The van der Waals surface area contributed by atoms with Crippen LogP contribution in [0.25, 0.3) is 0 Å². The molecule has 0 N–H and O–H groups in total. The van der Waals surface area contributed by atoms with E-state index in [-0.39, 0.29) is 11.2 Å². The van der Waals surface area contributed by atoms with E-state index in [0.717, 1.165) is 12.7 Å². The van der Waals surface area contributed by atoms with E-state index in [0.29, 0.717) is 12.0 Å². The lowest BCUT2D eigenvalue weighted by atomic mass is 9.76. The minimum atomic E-state index is -0.102. The summed E-state index contributed by atoms with van der Waals surface area (Å²) in [4.78, 5) is 21.4. The smallest absolute Gasteiger partial charge is 0.156 e. The first-order chi connectivity index (χ1) is 5.06. The highest BCUT2D eigenvalue weighted by Gasteiger charge is 2.27. The van der Waals surface area contributed by atoms with Gasteiger partial charge in [0.2, 0.25) is 0 Å². The molecular weight excluding hydrogens is 140 g/mol. The Labute approximate surface area is 66.3 Å². The van der Waals surface area contributed by atoms with Crippen molar-refractivity contribution in [1.82, 2.24) is 0 Å². The van der Waals surface area contributed by atoms with Crippen LogP contribution in [0.5, 0.6) is 0 Å². The third-order valence-electron chi connectivity index (χ3n) is 2.22. The summed E-state index contributed by atoms with van der Waals surface area (Å²) >= 11 is 0. The SMILES string of the molecule is CC1(C)CCC(=O)C=C1C=O. The summed E-state index contributed by atoms with van der Waals surface area (Å²) in [6.07, 6.45) is 3.62. The minimum Gasteiger partial charge on any atom is -0.298 e. The Balaban J connectivity index is 2.97. The number of hydrogen-bond acceptors (Lipinski definition) is 2. The maximum atomic E-state index is 10.9. The van der Waals surface area contributed by atoms with Crippen LogP contribution in [0.2, 0.25) is 0 Å². The summed E-state index contributed by atoms with van der Waals surface area (Å²) in [6, 6.07) is 0. The number of carbonyl (C=O) groups is 2. The highest BCUT2D eigenvalue weighted by molar-refractivity contribution is 5.97. The van der Waals surface area contributed by atoms with Crippen LogP contribution in [0.15, 0.2) is 11.6 Å². The third-order valence-corrected chi connectivity index (χ3v) is 2.22. The van der Waals surface area contributed by atoms with Crippen molar-refractivity contribution in [2.45, 2.75) is 26.7 Å². The molecule has 0 radical (unpaired) electrons. The van der Waals surface area contributed by atoms with Crippen molar-refractivity contribution in [1.29, 1.82) is 0 Å². The maximum absolute atomic E-state index is 10.9. The number of hydrogen-bond donors (Lipinski definition) is 0. The van der Waals surface area contributed by atoms with Crippen LogP contribution in [0.4, 0.5) is 0 Å². The average molecular weight is 152 g/mol. The van der Waals surface area contributed by atoms with E-state index in [2.05, 4.69) is 0 Å². The van der Waals surface area contributed by atoms with Crippen LogP contribution >= 0.6 is 0 Å². The molecule has 0 aromatic carbocycles. The van der Waals surface area contributed by atoms with Crippen LogP contribution in [0.3, 0.4) is 0 Å². The number of rotatable bonds is 1. The molecule has 0 saturated carbocycles. The van der Waals surface area contributed by atoms with E-state index in [4.69, 9.17) is 0 Å². The van der Waals surface area contributed by atoms with Gasteiger partial charge in [-0.25, -0.2) is 0 Å². The van der Waals surface area contributed by atoms with Gasteiger partial charge < -0.3 is 0 Å². The Morgan fingerprint density at radius 2 is 2.18 bits per heavy atom. The molecule has 0 saturated heterocycles. The lowest BCUT2D eigenvalue weighted by molar-refractivity contribution is -0.116. The third kappa shape index (κ3) is 1.56. The summed E-state index contributed by atoms with van der Waals surface area (Å²) in [5.74, 6) is 0.0754. The van der Waals surface area contributed by atoms with Gasteiger partial charge in [0.05, 0.1) is 0 Å². The summed E-state index contributed by atoms with van der Waals surface area (Å²) < 4.78 is 0. The van der Waals surface area contributed by atoms with Gasteiger partial charge in [0.1, 0.15) is 6.29 Å². The van der Waals surface area contributed by atoms with E-state index in [1.165, 1.54) is 6.08 Å². The van der Waals surface area contributed by atoms with Crippen molar-refractivity contribution >= 4 is 12.1 Å². The molecule has 0 aliphatic heterocycles. The zero-order valence-corrected chi connectivity index (χ0v) is 6.89. The molecule has 0 spiro atoms. The molecule has 0 heterocycles. The van der Waals surface area contributed by atoms with Gasteiger partial charge >= 0.3 is 0 Å². The van der Waals surface area contributed by atoms with Crippen molar-refractivity contribution in [3.63, 3.8) is 0 Å². The molecule has 1 aliphatic rings. The molecule has 11 heavy (non-hydrogen) atoms. The Morgan fingerprint density at radius 1 is 1.55 bits per heavy atom. The fraction of sp³-hybridized carbons (Fsp3) is 0.556. The Morgan fingerprint density at radius 3 is 2.64 bits per heavy atom. The quantitative estimate of drug-likeness (QED) is 0.533. The van der Waals surface area contributed by atoms with Gasteiger partial charge in [-0.1, -0.05) is 13.8 Å². The van der Waals surface area contributed by atoms with Gasteiger partial charge in [0.25, 0.3) is 0 Å². The van der Waals surface area contributed by atoms with E-state index in [1.807, 2.05) is 13.8 Å². The minimum absolute atomic E-state index is 0.0754. The fourth-order valence-corrected chi connectivity index (χ4v) is 1.21. The zero-order chi connectivity index (χ0) is 8.48. The normalized spacial score (nSPS) is 22.7. The molecule has 2 nitrogen and oxygen atoms in total. The van der Waals surface area contributed by atoms with Crippen LogP contribution in [0, 0.1) is 5.41 Å². The van der Waals surface area contributed by atoms with Crippen molar-refractivity contribution in [3.8, 4) is 0 Å². The Kier molecular flexibility index (Phi) is 1.94. The van der Waals surface area contributed by atoms with Crippen LogP contribution in [-0.4, -0.2) is 12.1 Å². The van der Waals surface area contributed by atoms with Gasteiger partial charge in [0.15, 0.2) is 5.78 Å². The molecule has 0 aromatic heterocycles. The number of carbonyl (C=O) groups excluding carboxylic acids is 2. The van der Waals surface area contributed by atoms with Gasteiger partial charge in [-0.05, 0) is 17.9 Å². The monoisotopic (exact) mass is 152 g/mol. The Bertz CT molecular complexity index is 224. The van der Waals surface area contributed by atoms with Crippen LogP contribution in [-0.2, 0) is 9.59 Å². The van der Waals surface area contributed by atoms with E-state index >= 15 is 0 Å². The van der Waals surface area contributed by atoms with E-state index in [1.54, 1.807) is 0 Å². The molecule has 1 rings (SSSR count). The largest absolute Gasteiger partial charge is 0.298 e. The zero-order valence-electron chi connectivity index (χ0n) is 6.89. The lowest BCUT2D eigenvalue weighted by Gasteiger charge is -2.27. The fourth-order valence-electron chi connectivity index (χ4n) is 1.21. The van der Waals surface area contributed by atoms with Gasteiger partial charge in [-0.15, -0.1) is 0 Å². The second kappa shape index (κ2) is 2.61. The second-order valence-corrected chi connectivity index (χ2v) is 3.57. The van der Waals surface area contributed by atoms with Crippen molar-refractivity contribution < 1.29 is 9.59 Å². The lowest BCUT2D eigenvalue weighted by Crippen LogP contribution is -2.22. The number of ketones is 1. The number of aldehydes is 1. The molecule has 60 valence electrons. The van der Waals surface area contributed by atoms with Gasteiger partial charge in [0, 0.05) is 12.0 Å². The predicted octanol–water partition coefficient (Wildman–Crippen LogP) is 1.50. The molecule has 0 unspecified atom stereocenters. The molecule has 2 heteroatoms. The van der Waals surface area contributed by atoms with Gasteiger partial charge in [-0.3, -0.25) is 9.59 Å². The molecule has 0 aromatic rings. The van der Waals surface area contributed by atoms with E-state index < -0.39 is 0 Å². The summed E-state index contributed by atoms with van der Waals surface area (Å²) in [5.41, 5.74) is 0.532. The van der Waals surface area contributed by atoms with Crippen molar-refractivity contribution in [3.05, 3.63) is 11.6 Å². The maximum Gasteiger partial charge on any atom is 0.156 e. The molecule has 0 amide bonds. The first-order valence-corrected chi connectivity index (χ1v) is 3.76. The molecule has 0 atom stereocenters. The highest BCUT2D eigenvalue weighted by Crippen LogP contribution is 2.33. The van der Waals surface area contributed by atoms with Crippen LogP contribution < -0.4 is 0 Å². The molecule has 0 fully saturated rings. The topological polar surface area (TPSA) is 34.1 Å². The first kappa shape index (κ1) is 8.18.